The molecule has 2 aromatic rings. The Morgan fingerprint density at radius 2 is 2.00 bits per heavy atom. The van der Waals surface area contributed by atoms with Crippen LogP contribution < -0.4 is 15.4 Å². The maximum atomic E-state index is 13.4. The molecule has 2 N–H and O–H groups in total. The molecule has 0 unspecified atom stereocenters. The zero-order valence-electron chi connectivity index (χ0n) is 17.6. The highest BCUT2D eigenvalue weighted by atomic mass is 35.5. The third-order valence-electron chi connectivity index (χ3n) is 6.38. The van der Waals surface area contributed by atoms with E-state index in [1.807, 2.05) is 13.8 Å². The molecule has 2 amide bonds. The molecule has 3 saturated carbocycles. The summed E-state index contributed by atoms with van der Waals surface area (Å²) in [5.74, 6) is 0.367. The lowest BCUT2D eigenvalue weighted by molar-refractivity contribution is -0.183. The van der Waals surface area contributed by atoms with Crippen LogP contribution >= 0.6 is 11.6 Å². The quantitative estimate of drug-likeness (QED) is 0.571. The summed E-state index contributed by atoms with van der Waals surface area (Å²) in [7, 11) is 0. The van der Waals surface area contributed by atoms with Crippen molar-refractivity contribution < 1.29 is 23.1 Å². The van der Waals surface area contributed by atoms with Crippen LogP contribution in [0, 0.1) is 25.1 Å². The molecule has 3 aliphatic rings. The molecular formula is C23H26ClFN2O4. The first kappa shape index (κ1) is 21.7. The summed E-state index contributed by atoms with van der Waals surface area (Å²) in [6.45, 7) is 4.39. The number of carbonyl (C=O) groups excluding carboxylic acids is 2. The summed E-state index contributed by atoms with van der Waals surface area (Å²) in [4.78, 5) is 24.8. The fraction of sp³-hybridized carbons (Fsp3) is 0.478. The zero-order chi connectivity index (χ0) is 22.2. The molecule has 3 fully saturated rings. The van der Waals surface area contributed by atoms with Gasteiger partial charge in [-0.05, 0) is 69.2 Å². The highest BCUT2D eigenvalue weighted by Gasteiger charge is 2.72. The van der Waals surface area contributed by atoms with Gasteiger partial charge in [-0.3, -0.25) is 9.59 Å². The molecule has 1 heterocycles. The number of ether oxygens (including phenoxy) is 1. The van der Waals surface area contributed by atoms with Crippen LogP contribution in [0.5, 0.6) is 5.75 Å². The van der Waals surface area contributed by atoms with E-state index in [-0.39, 0.29) is 40.1 Å². The largest absolute Gasteiger partial charge is 0.484 e. The molecule has 0 saturated heterocycles. The fourth-order valence-corrected chi connectivity index (χ4v) is 4.95. The van der Waals surface area contributed by atoms with Gasteiger partial charge in [0.05, 0.1) is 16.7 Å². The van der Waals surface area contributed by atoms with Crippen molar-refractivity contribution in [3.8, 4) is 5.75 Å². The van der Waals surface area contributed by atoms with Gasteiger partial charge in [0.25, 0.3) is 5.91 Å². The maximum absolute atomic E-state index is 13.4. The first-order valence-electron chi connectivity index (χ1n) is 10.4. The number of benzene rings is 1. The first-order chi connectivity index (χ1) is 14.7. The number of amides is 2. The molecule has 6 nitrogen and oxygen atoms in total. The van der Waals surface area contributed by atoms with Gasteiger partial charge < -0.3 is 19.8 Å². The average molecular weight is 449 g/mol. The number of carbonyl (C=O) groups is 2. The summed E-state index contributed by atoms with van der Waals surface area (Å²) >= 11 is 5.63. The van der Waals surface area contributed by atoms with Gasteiger partial charge in [0.15, 0.2) is 6.61 Å². The smallest absolute Gasteiger partial charge is 0.258 e. The number of hydrogen-bond donors (Lipinski definition) is 2. The Morgan fingerprint density at radius 3 is 2.65 bits per heavy atom. The van der Waals surface area contributed by atoms with E-state index in [1.54, 1.807) is 6.26 Å². The summed E-state index contributed by atoms with van der Waals surface area (Å²) in [6, 6.07) is 4.03. The minimum Gasteiger partial charge on any atom is -0.484 e. The average Bonchev–Trinajstić information content (AvgIpc) is 2.99. The van der Waals surface area contributed by atoms with E-state index in [0.717, 1.165) is 30.2 Å². The Labute approximate surface area is 185 Å². The van der Waals surface area contributed by atoms with E-state index in [1.165, 1.54) is 17.7 Å². The summed E-state index contributed by atoms with van der Waals surface area (Å²) in [6.07, 6.45) is 5.43. The van der Waals surface area contributed by atoms with E-state index in [0.29, 0.717) is 25.8 Å². The molecule has 5 rings (SSSR count). The van der Waals surface area contributed by atoms with Crippen LogP contribution in [0.4, 0.5) is 4.39 Å². The summed E-state index contributed by atoms with van der Waals surface area (Å²) < 4.78 is 24.2. The van der Waals surface area contributed by atoms with Crippen molar-refractivity contribution >= 4 is 23.4 Å². The number of aryl methyl sites for hydroxylation is 2. The Bertz CT molecular complexity index is 980. The Balaban J connectivity index is 1.15. The van der Waals surface area contributed by atoms with Gasteiger partial charge in [-0.2, -0.15) is 0 Å². The minimum absolute atomic E-state index is 0.000879. The third-order valence-corrected chi connectivity index (χ3v) is 6.69. The van der Waals surface area contributed by atoms with E-state index < -0.39 is 5.82 Å². The lowest BCUT2D eigenvalue weighted by Crippen LogP contribution is -2.78. The predicted octanol–water partition coefficient (Wildman–Crippen LogP) is 3.86. The van der Waals surface area contributed by atoms with Gasteiger partial charge in [-0.15, -0.1) is 0 Å². The normalized spacial score (nSPS) is 23.5. The molecule has 3 aliphatic carbocycles. The predicted molar refractivity (Wildman–Crippen MR) is 114 cm³/mol. The lowest BCUT2D eigenvalue weighted by Gasteiger charge is -2.69. The van der Waals surface area contributed by atoms with Crippen molar-refractivity contribution in [2.45, 2.75) is 51.5 Å². The molecule has 0 atom stereocenters. The van der Waals surface area contributed by atoms with Gasteiger partial charge in [-0.25, -0.2) is 4.39 Å². The molecule has 0 spiro atoms. The second-order valence-corrected chi connectivity index (χ2v) is 9.22. The van der Waals surface area contributed by atoms with E-state index in [4.69, 9.17) is 20.8 Å². The molecule has 1 aromatic heterocycles. The molecule has 0 radical (unpaired) electrons. The SMILES string of the molecule is Cc1coc(C)c1CCCNC(=O)C12CC(NC(=O)COc3ccc(Cl)c(F)c3)(C1)C2. The van der Waals surface area contributed by atoms with E-state index in [2.05, 4.69) is 10.6 Å². The van der Waals surface area contributed by atoms with Gasteiger partial charge in [-0.1, -0.05) is 11.6 Å². The molecule has 8 heteroatoms. The standard InChI is InChI=1S/C23H26ClFN2O4/c1-14-9-30-15(2)17(14)4-3-7-26-21(29)22-11-23(12-22,13-22)27-20(28)10-31-16-5-6-18(24)19(25)8-16/h5-6,8-9H,3-4,7,10-13H2,1-2H3,(H,26,29)(H,27,28). The monoisotopic (exact) mass is 448 g/mol. The Kier molecular flexibility index (Phi) is 5.73. The van der Waals surface area contributed by atoms with Crippen molar-refractivity contribution in [3.05, 3.63) is 52.2 Å². The number of nitrogens with one attached hydrogen (secondary N) is 2. The topological polar surface area (TPSA) is 80.6 Å². The number of rotatable bonds is 9. The van der Waals surface area contributed by atoms with Gasteiger partial charge in [0.2, 0.25) is 5.91 Å². The van der Waals surface area contributed by atoms with Crippen LogP contribution in [-0.4, -0.2) is 30.5 Å². The Morgan fingerprint density at radius 1 is 1.26 bits per heavy atom. The van der Waals surface area contributed by atoms with E-state index >= 15 is 0 Å². The van der Waals surface area contributed by atoms with Crippen LogP contribution in [0.2, 0.25) is 5.02 Å². The van der Waals surface area contributed by atoms with Crippen molar-refractivity contribution in [3.63, 3.8) is 0 Å². The summed E-state index contributed by atoms with van der Waals surface area (Å²) in [5.41, 5.74) is 1.69. The van der Waals surface area contributed by atoms with Crippen LogP contribution in [0.25, 0.3) is 0 Å². The van der Waals surface area contributed by atoms with Crippen LogP contribution in [0.3, 0.4) is 0 Å². The number of furan rings is 1. The Hall–Kier alpha value is -2.54. The number of halogens is 2. The highest BCUT2D eigenvalue weighted by Crippen LogP contribution is 2.67. The third kappa shape index (κ3) is 4.28. The maximum Gasteiger partial charge on any atom is 0.258 e. The molecule has 31 heavy (non-hydrogen) atoms. The zero-order valence-corrected chi connectivity index (χ0v) is 18.4. The van der Waals surface area contributed by atoms with E-state index in [9.17, 15) is 14.0 Å². The van der Waals surface area contributed by atoms with Gasteiger partial charge >= 0.3 is 0 Å². The van der Waals surface area contributed by atoms with Crippen molar-refractivity contribution in [2.24, 2.45) is 5.41 Å². The summed E-state index contributed by atoms with van der Waals surface area (Å²) in [5, 5.41) is 6.00. The second-order valence-electron chi connectivity index (χ2n) is 8.82. The molecule has 166 valence electrons. The van der Waals surface area contributed by atoms with Crippen molar-refractivity contribution in [1.29, 1.82) is 0 Å². The molecule has 1 aromatic carbocycles. The van der Waals surface area contributed by atoms with Crippen LogP contribution in [-0.2, 0) is 16.0 Å². The van der Waals surface area contributed by atoms with Crippen LogP contribution in [0.1, 0.15) is 42.6 Å². The highest BCUT2D eigenvalue weighted by molar-refractivity contribution is 6.30. The lowest BCUT2D eigenvalue weighted by atomic mass is 9.39. The van der Waals surface area contributed by atoms with Crippen molar-refractivity contribution in [1.82, 2.24) is 10.6 Å². The minimum atomic E-state index is -0.595. The first-order valence-corrected chi connectivity index (χ1v) is 10.8. The van der Waals surface area contributed by atoms with Crippen molar-refractivity contribution in [2.75, 3.05) is 13.2 Å². The number of hydrogen-bond acceptors (Lipinski definition) is 4. The fourth-order valence-electron chi connectivity index (χ4n) is 4.83. The molecule has 0 aliphatic heterocycles. The van der Waals surface area contributed by atoms with Gasteiger partial charge in [0, 0.05) is 18.2 Å². The van der Waals surface area contributed by atoms with Gasteiger partial charge in [0.1, 0.15) is 17.3 Å². The molecule has 2 bridgehead atoms. The molecular weight excluding hydrogens is 423 g/mol. The van der Waals surface area contributed by atoms with Crippen LogP contribution in [0.15, 0.2) is 28.9 Å². The second kappa shape index (κ2) is 8.19.